The number of nitrogens with zero attached hydrogens (tertiary/aromatic N) is 2. The van der Waals surface area contributed by atoms with Gasteiger partial charge >= 0.3 is 5.63 Å². The van der Waals surface area contributed by atoms with Gasteiger partial charge in [-0.15, -0.1) is 0 Å². The van der Waals surface area contributed by atoms with E-state index in [2.05, 4.69) is 18.7 Å². The molecule has 1 aromatic heterocycles. The minimum absolute atomic E-state index is 0.0290. The number of carbonyl (C=O) groups is 2. The molecule has 4 aliphatic heterocycles. The van der Waals surface area contributed by atoms with E-state index in [0.717, 1.165) is 80.0 Å². The summed E-state index contributed by atoms with van der Waals surface area (Å²) in [6.07, 6.45) is 8.83. The van der Waals surface area contributed by atoms with Gasteiger partial charge in [0, 0.05) is 49.3 Å². The van der Waals surface area contributed by atoms with E-state index < -0.39 is 0 Å². The van der Waals surface area contributed by atoms with Crippen LogP contribution >= 0.6 is 0 Å². The first-order valence-corrected chi connectivity index (χ1v) is 14.8. The van der Waals surface area contributed by atoms with Crippen LogP contribution < -0.4 is 15.1 Å². The first kappa shape index (κ1) is 25.0. The second-order valence-corrected chi connectivity index (χ2v) is 12.9. The van der Waals surface area contributed by atoms with E-state index in [4.69, 9.17) is 13.9 Å². The van der Waals surface area contributed by atoms with Gasteiger partial charge < -0.3 is 23.7 Å². The summed E-state index contributed by atoms with van der Waals surface area (Å²) in [7, 11) is 0. The molecule has 1 aliphatic carbocycles. The monoisotopic (exact) mass is 534 g/mol. The highest BCUT2D eigenvalue weighted by Gasteiger charge is 2.45. The third-order valence-electron chi connectivity index (χ3n) is 9.76. The Morgan fingerprint density at radius 1 is 1.03 bits per heavy atom. The first-order chi connectivity index (χ1) is 18.8. The fourth-order valence-electron chi connectivity index (χ4n) is 7.87. The quantitative estimate of drug-likeness (QED) is 0.553. The summed E-state index contributed by atoms with van der Waals surface area (Å²) in [4.78, 5) is 43.0. The zero-order valence-electron chi connectivity index (χ0n) is 23.1. The van der Waals surface area contributed by atoms with E-state index in [1.54, 1.807) is 0 Å². The summed E-state index contributed by atoms with van der Waals surface area (Å²) in [6.45, 7) is 6.15. The number of hydrogen-bond donors (Lipinski definition) is 0. The Hall–Kier alpha value is -3.03. The van der Waals surface area contributed by atoms with Crippen LogP contribution in [-0.4, -0.2) is 59.5 Å². The summed E-state index contributed by atoms with van der Waals surface area (Å²) in [5, 5.41) is 0.839. The zero-order chi connectivity index (χ0) is 26.9. The molecule has 1 aromatic carbocycles. The van der Waals surface area contributed by atoms with Crippen molar-refractivity contribution in [2.75, 3.05) is 26.2 Å². The number of piperidine rings is 3. The van der Waals surface area contributed by atoms with E-state index in [0.29, 0.717) is 54.8 Å². The molecule has 208 valence electrons. The van der Waals surface area contributed by atoms with Crippen LogP contribution in [0.15, 0.2) is 15.3 Å². The molecule has 0 radical (unpaired) electrons. The topological polar surface area (TPSA) is 89.3 Å². The van der Waals surface area contributed by atoms with Gasteiger partial charge in [-0.05, 0) is 89.0 Å². The molecule has 0 spiro atoms. The van der Waals surface area contributed by atoms with E-state index in [-0.39, 0.29) is 35.7 Å². The van der Waals surface area contributed by atoms with Crippen molar-refractivity contribution in [3.63, 3.8) is 0 Å². The standard InChI is InChI=1S/C31H38N2O6/c1-31(2)11-10-22-24(39-31)13-25(28-20-6-3-4-7-21(20)30(36)38-29(22)28)37-17-27(35)32-14-18-12-19(16-32)23-8-5-9-26(34)33(23)15-18/h13,18-19,23H,3-12,14-17H2,1-2H3. The average Bonchev–Trinajstić information content (AvgIpc) is 2.91. The number of hydrogen-bond acceptors (Lipinski definition) is 6. The molecular weight excluding hydrogens is 496 g/mol. The fourth-order valence-corrected chi connectivity index (χ4v) is 7.87. The molecule has 2 bridgehead atoms. The molecular formula is C31H38N2O6. The van der Waals surface area contributed by atoms with Gasteiger partial charge in [-0.25, -0.2) is 4.79 Å². The molecule has 0 N–H and O–H groups in total. The number of amides is 2. The van der Waals surface area contributed by atoms with Crippen LogP contribution in [0.3, 0.4) is 0 Å². The average molecular weight is 535 g/mol. The molecule has 2 aromatic rings. The van der Waals surface area contributed by atoms with Gasteiger partial charge in [0.25, 0.3) is 5.91 Å². The number of carbonyl (C=O) groups excluding carboxylic acids is 2. The van der Waals surface area contributed by atoms with Crippen LogP contribution in [0.4, 0.5) is 0 Å². The molecule has 0 saturated carbocycles. The molecule has 8 heteroatoms. The Bertz CT molecular complexity index is 1410. The minimum atomic E-state index is -0.331. The van der Waals surface area contributed by atoms with Crippen LogP contribution in [-0.2, 0) is 28.9 Å². The van der Waals surface area contributed by atoms with E-state index in [1.165, 1.54) is 0 Å². The molecule has 3 fully saturated rings. The third kappa shape index (κ3) is 4.30. The summed E-state index contributed by atoms with van der Waals surface area (Å²) in [5.74, 6) is 2.16. The van der Waals surface area contributed by atoms with Gasteiger partial charge in [-0.2, -0.15) is 0 Å². The Morgan fingerprint density at radius 2 is 1.85 bits per heavy atom. The van der Waals surface area contributed by atoms with E-state index in [1.807, 2.05) is 11.0 Å². The maximum atomic E-state index is 13.5. The second kappa shape index (κ2) is 9.27. The first-order valence-electron chi connectivity index (χ1n) is 14.8. The Morgan fingerprint density at radius 3 is 2.69 bits per heavy atom. The Balaban J connectivity index is 1.18. The van der Waals surface area contributed by atoms with Crippen molar-refractivity contribution < 1.29 is 23.5 Å². The smallest absolute Gasteiger partial charge is 0.339 e. The number of ether oxygens (including phenoxy) is 2. The van der Waals surface area contributed by atoms with Crippen molar-refractivity contribution in [1.82, 2.24) is 9.80 Å². The molecule has 3 unspecified atom stereocenters. The lowest BCUT2D eigenvalue weighted by Gasteiger charge is -2.52. The molecule has 8 nitrogen and oxygen atoms in total. The lowest BCUT2D eigenvalue weighted by molar-refractivity contribution is -0.149. The SMILES string of the molecule is CC1(C)CCc2c(cc(OCC(=O)N3CC4CC(C3)C3CCCC(=O)N3C4)c3c4c(c(=O)oc23)CCCC4)O1. The van der Waals surface area contributed by atoms with Crippen LogP contribution in [0.2, 0.25) is 0 Å². The van der Waals surface area contributed by atoms with Crippen molar-refractivity contribution in [3.8, 4) is 11.5 Å². The normalized spacial score (nSPS) is 27.3. The van der Waals surface area contributed by atoms with Crippen molar-refractivity contribution in [3.05, 3.63) is 33.2 Å². The van der Waals surface area contributed by atoms with Crippen LogP contribution in [0, 0.1) is 11.8 Å². The number of fused-ring (bicyclic) bond motifs is 9. The lowest BCUT2D eigenvalue weighted by Crippen LogP contribution is -2.61. The van der Waals surface area contributed by atoms with Gasteiger partial charge in [-0.1, -0.05) is 0 Å². The lowest BCUT2D eigenvalue weighted by atomic mass is 9.76. The molecule has 3 saturated heterocycles. The second-order valence-electron chi connectivity index (χ2n) is 12.9. The maximum absolute atomic E-state index is 13.5. The van der Waals surface area contributed by atoms with Crippen LogP contribution in [0.5, 0.6) is 11.5 Å². The minimum Gasteiger partial charge on any atom is -0.487 e. The zero-order valence-corrected chi connectivity index (χ0v) is 23.1. The Kier molecular flexibility index (Phi) is 5.94. The summed E-state index contributed by atoms with van der Waals surface area (Å²) >= 11 is 0. The van der Waals surface area contributed by atoms with Crippen molar-refractivity contribution in [1.29, 1.82) is 0 Å². The number of benzene rings is 1. The fraction of sp³-hybridized carbons (Fsp3) is 0.645. The predicted molar refractivity (Wildman–Crippen MR) is 145 cm³/mol. The van der Waals surface area contributed by atoms with Crippen LogP contribution in [0.25, 0.3) is 11.0 Å². The summed E-state index contributed by atoms with van der Waals surface area (Å²) in [6, 6.07) is 2.18. The van der Waals surface area contributed by atoms with Gasteiger partial charge in [0.05, 0.1) is 5.39 Å². The molecule has 7 rings (SSSR count). The predicted octanol–water partition coefficient (Wildman–Crippen LogP) is 4.01. The van der Waals surface area contributed by atoms with Gasteiger partial charge in [0.15, 0.2) is 6.61 Å². The highest BCUT2D eigenvalue weighted by Crippen LogP contribution is 2.44. The third-order valence-corrected chi connectivity index (χ3v) is 9.76. The highest BCUT2D eigenvalue weighted by molar-refractivity contribution is 5.93. The van der Waals surface area contributed by atoms with Gasteiger partial charge in [0.1, 0.15) is 22.7 Å². The van der Waals surface area contributed by atoms with Crippen molar-refractivity contribution in [2.45, 2.75) is 89.7 Å². The van der Waals surface area contributed by atoms with Crippen molar-refractivity contribution in [2.24, 2.45) is 11.8 Å². The highest BCUT2D eigenvalue weighted by atomic mass is 16.5. The largest absolute Gasteiger partial charge is 0.487 e. The van der Waals surface area contributed by atoms with E-state index in [9.17, 15) is 14.4 Å². The molecule has 5 heterocycles. The molecule has 2 amide bonds. The summed E-state index contributed by atoms with van der Waals surface area (Å²) < 4.78 is 18.6. The van der Waals surface area contributed by atoms with Crippen molar-refractivity contribution >= 4 is 22.8 Å². The van der Waals surface area contributed by atoms with Gasteiger partial charge in [0.2, 0.25) is 5.91 Å². The Labute approximate surface area is 228 Å². The number of likely N-dealkylation sites (tertiary alicyclic amines) is 1. The van der Waals surface area contributed by atoms with E-state index >= 15 is 0 Å². The molecule has 5 aliphatic rings. The van der Waals surface area contributed by atoms with Crippen LogP contribution in [0.1, 0.15) is 75.5 Å². The molecule has 39 heavy (non-hydrogen) atoms. The maximum Gasteiger partial charge on any atom is 0.339 e. The number of aryl methyl sites for hydroxylation is 2. The molecule has 3 atom stereocenters. The van der Waals surface area contributed by atoms with Gasteiger partial charge in [-0.3, -0.25) is 9.59 Å². The number of rotatable bonds is 3. The summed E-state index contributed by atoms with van der Waals surface area (Å²) in [5.41, 5.74) is 2.65.